The first kappa shape index (κ1) is 23.1. The topological polar surface area (TPSA) is 91.4 Å². The molecule has 3 heterocycles. The molecule has 2 atom stereocenters. The first-order valence-corrected chi connectivity index (χ1v) is 11.1. The number of halogens is 4. The van der Waals surface area contributed by atoms with Gasteiger partial charge in [0.1, 0.15) is 5.52 Å². The molecule has 3 aromatic rings. The highest BCUT2D eigenvalue weighted by molar-refractivity contribution is 5.97. The van der Waals surface area contributed by atoms with Crippen molar-refractivity contribution in [2.45, 2.75) is 19.2 Å². The number of benzene rings is 2. The first-order valence-electron chi connectivity index (χ1n) is 11.1. The number of aromatic amines is 1. The number of carbonyl (C=O) groups is 2. The highest BCUT2D eigenvalue weighted by atomic mass is 19.4. The van der Waals surface area contributed by atoms with Gasteiger partial charge < -0.3 is 14.5 Å². The standard InChI is InChI=1S/C23H21F4N5O3/c24-17-7-13(1-5-20(17)35-23(25,26)27)2-6-21(33)31-9-15-11-32(12-16(15)10-31)22(34)14-3-4-18-19(8-14)29-30-28-18/h1,3-5,7-8,15-16H,2,6,9-12H2,(H,28,29,30). The Kier molecular flexibility index (Phi) is 5.81. The number of rotatable bonds is 5. The number of alkyl halides is 3. The normalized spacial score (nSPS) is 19.9. The van der Waals surface area contributed by atoms with Crippen molar-refractivity contribution in [3.05, 3.63) is 53.3 Å². The van der Waals surface area contributed by atoms with E-state index in [0.717, 1.165) is 17.6 Å². The van der Waals surface area contributed by atoms with Crippen LogP contribution in [-0.4, -0.2) is 69.6 Å². The summed E-state index contributed by atoms with van der Waals surface area (Å²) in [7, 11) is 0. The summed E-state index contributed by atoms with van der Waals surface area (Å²) in [6.07, 6.45) is -4.67. The molecule has 2 aliphatic rings. The zero-order chi connectivity index (χ0) is 24.7. The van der Waals surface area contributed by atoms with Gasteiger partial charge in [-0.1, -0.05) is 11.3 Å². The fourth-order valence-electron chi connectivity index (χ4n) is 4.84. The van der Waals surface area contributed by atoms with Crippen molar-refractivity contribution in [1.29, 1.82) is 0 Å². The summed E-state index contributed by atoms with van der Waals surface area (Å²) in [5, 5.41) is 10.4. The van der Waals surface area contributed by atoms with Crippen LogP contribution in [0.1, 0.15) is 22.3 Å². The number of nitrogens with zero attached hydrogens (tertiary/aromatic N) is 4. The lowest BCUT2D eigenvalue weighted by atomic mass is 10.0. The summed E-state index contributed by atoms with van der Waals surface area (Å²) in [5.41, 5.74) is 2.32. The van der Waals surface area contributed by atoms with Gasteiger partial charge in [0.05, 0.1) is 5.52 Å². The first-order chi connectivity index (χ1) is 16.7. The Labute approximate surface area is 196 Å². The van der Waals surface area contributed by atoms with Crippen LogP contribution in [0.4, 0.5) is 17.6 Å². The summed E-state index contributed by atoms with van der Waals surface area (Å²) >= 11 is 0. The summed E-state index contributed by atoms with van der Waals surface area (Å²) in [6.45, 7) is 2.16. The molecule has 8 nitrogen and oxygen atoms in total. The molecule has 5 rings (SSSR count). The number of aromatic nitrogens is 3. The van der Waals surface area contributed by atoms with Gasteiger partial charge in [-0.3, -0.25) is 14.7 Å². The van der Waals surface area contributed by atoms with Crippen molar-refractivity contribution in [1.82, 2.24) is 25.2 Å². The molecule has 2 saturated heterocycles. The van der Waals surface area contributed by atoms with E-state index in [1.807, 2.05) is 0 Å². The molecule has 184 valence electrons. The van der Waals surface area contributed by atoms with E-state index < -0.39 is 17.9 Å². The zero-order valence-corrected chi connectivity index (χ0v) is 18.4. The van der Waals surface area contributed by atoms with Crippen LogP contribution in [-0.2, 0) is 11.2 Å². The lowest BCUT2D eigenvalue weighted by molar-refractivity contribution is -0.275. The second-order valence-corrected chi connectivity index (χ2v) is 8.89. The molecule has 12 heteroatoms. The predicted molar refractivity (Wildman–Crippen MR) is 115 cm³/mol. The van der Waals surface area contributed by atoms with E-state index in [-0.39, 0.29) is 36.5 Å². The molecular weight excluding hydrogens is 470 g/mol. The van der Waals surface area contributed by atoms with Gasteiger partial charge in [0.25, 0.3) is 5.91 Å². The third-order valence-corrected chi connectivity index (χ3v) is 6.55. The molecule has 1 aromatic heterocycles. The minimum atomic E-state index is -4.98. The Morgan fingerprint density at radius 3 is 2.43 bits per heavy atom. The number of amides is 2. The maximum atomic E-state index is 13.9. The molecule has 2 fully saturated rings. The Hall–Kier alpha value is -3.70. The van der Waals surface area contributed by atoms with Crippen molar-refractivity contribution in [3.8, 4) is 5.75 Å². The second kappa shape index (κ2) is 8.82. The maximum Gasteiger partial charge on any atom is 0.573 e. The molecule has 0 aliphatic carbocycles. The summed E-state index contributed by atoms with van der Waals surface area (Å²) in [6, 6.07) is 8.38. The minimum Gasteiger partial charge on any atom is -0.403 e. The molecule has 1 N–H and O–H groups in total. The van der Waals surface area contributed by atoms with E-state index in [1.54, 1.807) is 28.0 Å². The van der Waals surface area contributed by atoms with Crippen molar-refractivity contribution in [3.63, 3.8) is 0 Å². The smallest absolute Gasteiger partial charge is 0.403 e. The number of nitrogens with one attached hydrogen (secondary N) is 1. The summed E-state index contributed by atoms with van der Waals surface area (Å²) < 4.78 is 54.3. The largest absolute Gasteiger partial charge is 0.573 e. The van der Waals surface area contributed by atoms with E-state index in [2.05, 4.69) is 20.1 Å². The monoisotopic (exact) mass is 491 g/mol. The Morgan fingerprint density at radius 2 is 1.74 bits per heavy atom. The van der Waals surface area contributed by atoms with Crippen LogP contribution < -0.4 is 4.74 Å². The van der Waals surface area contributed by atoms with E-state index in [0.29, 0.717) is 42.8 Å². The highest BCUT2D eigenvalue weighted by Gasteiger charge is 2.43. The number of hydrogen-bond acceptors (Lipinski definition) is 5. The Morgan fingerprint density at radius 1 is 1.03 bits per heavy atom. The van der Waals surface area contributed by atoms with Gasteiger partial charge in [-0.15, -0.1) is 18.3 Å². The summed E-state index contributed by atoms with van der Waals surface area (Å²) in [4.78, 5) is 29.2. The van der Waals surface area contributed by atoms with Crippen LogP contribution in [0, 0.1) is 17.7 Å². The molecule has 2 unspecified atom stereocenters. The lowest BCUT2D eigenvalue weighted by Gasteiger charge is -2.22. The van der Waals surface area contributed by atoms with Crippen molar-refractivity contribution < 1.29 is 31.9 Å². The molecule has 0 spiro atoms. The van der Waals surface area contributed by atoms with Gasteiger partial charge in [0.15, 0.2) is 11.6 Å². The fraction of sp³-hybridized carbons (Fsp3) is 0.391. The Bertz CT molecular complexity index is 1260. The number of ether oxygens (including phenoxy) is 1. The zero-order valence-electron chi connectivity index (χ0n) is 18.4. The van der Waals surface area contributed by atoms with Gasteiger partial charge >= 0.3 is 6.36 Å². The molecule has 0 saturated carbocycles. The van der Waals surface area contributed by atoms with Gasteiger partial charge in [-0.25, -0.2) is 4.39 Å². The molecule has 2 aliphatic heterocycles. The van der Waals surface area contributed by atoms with Crippen LogP contribution >= 0.6 is 0 Å². The van der Waals surface area contributed by atoms with Crippen molar-refractivity contribution in [2.24, 2.45) is 11.8 Å². The van der Waals surface area contributed by atoms with Gasteiger partial charge in [0, 0.05) is 50.0 Å². The number of hydrogen-bond donors (Lipinski definition) is 1. The average Bonchev–Trinajstić information content (AvgIpc) is 3.52. The van der Waals surface area contributed by atoms with Crippen LogP contribution in [0.5, 0.6) is 5.75 Å². The minimum absolute atomic E-state index is 0.0813. The van der Waals surface area contributed by atoms with Gasteiger partial charge in [-0.2, -0.15) is 0 Å². The Balaban J connectivity index is 1.13. The van der Waals surface area contributed by atoms with E-state index in [4.69, 9.17) is 0 Å². The quantitative estimate of drug-likeness (QED) is 0.554. The van der Waals surface area contributed by atoms with E-state index in [1.165, 1.54) is 6.07 Å². The van der Waals surface area contributed by atoms with Crippen LogP contribution in [0.15, 0.2) is 36.4 Å². The lowest BCUT2D eigenvalue weighted by Crippen LogP contribution is -2.35. The summed E-state index contributed by atoms with van der Waals surface area (Å²) in [5.74, 6) is -1.87. The van der Waals surface area contributed by atoms with Gasteiger partial charge in [0.2, 0.25) is 5.91 Å². The molecule has 35 heavy (non-hydrogen) atoms. The molecule has 2 aromatic carbocycles. The highest BCUT2D eigenvalue weighted by Crippen LogP contribution is 2.33. The average molecular weight is 491 g/mol. The van der Waals surface area contributed by atoms with Crippen molar-refractivity contribution in [2.75, 3.05) is 26.2 Å². The van der Waals surface area contributed by atoms with Crippen LogP contribution in [0.3, 0.4) is 0 Å². The van der Waals surface area contributed by atoms with E-state index in [9.17, 15) is 27.2 Å². The third kappa shape index (κ3) is 4.91. The number of H-pyrrole nitrogens is 1. The van der Waals surface area contributed by atoms with Gasteiger partial charge in [-0.05, 0) is 42.3 Å². The third-order valence-electron chi connectivity index (χ3n) is 6.55. The predicted octanol–water partition coefficient (Wildman–Crippen LogP) is 3.16. The van der Waals surface area contributed by atoms with Crippen molar-refractivity contribution >= 4 is 22.8 Å². The second-order valence-electron chi connectivity index (χ2n) is 8.89. The number of aryl methyl sites for hydroxylation is 1. The number of fused-ring (bicyclic) bond motifs is 2. The fourth-order valence-corrected chi connectivity index (χ4v) is 4.84. The van der Waals surface area contributed by atoms with Crippen LogP contribution in [0.25, 0.3) is 11.0 Å². The molecule has 2 amide bonds. The number of carbonyl (C=O) groups excluding carboxylic acids is 2. The number of likely N-dealkylation sites (tertiary alicyclic amines) is 2. The SMILES string of the molecule is O=C(CCc1ccc(OC(F)(F)F)c(F)c1)N1CC2CN(C(=O)c3ccc4[nH]nnc4c3)CC2C1. The molecule has 0 bridgehead atoms. The van der Waals surface area contributed by atoms with Crippen LogP contribution in [0.2, 0.25) is 0 Å². The maximum absolute atomic E-state index is 13.9. The van der Waals surface area contributed by atoms with E-state index >= 15 is 0 Å². The molecule has 0 radical (unpaired) electrons. The molecular formula is C23H21F4N5O3.